The van der Waals surface area contributed by atoms with Gasteiger partial charge in [0.15, 0.2) is 0 Å². The van der Waals surface area contributed by atoms with Gasteiger partial charge < -0.3 is 24.4 Å². The number of hydrogen-bond donors (Lipinski definition) is 1. The Bertz CT molecular complexity index is 1080. The molecule has 2 aromatic carbocycles. The summed E-state index contributed by atoms with van der Waals surface area (Å²) in [4.78, 5) is 30.2. The predicted octanol–water partition coefficient (Wildman–Crippen LogP) is 3.87. The fourth-order valence-corrected chi connectivity index (χ4v) is 4.63. The highest BCUT2D eigenvalue weighted by atomic mass is 35.5. The summed E-state index contributed by atoms with van der Waals surface area (Å²) in [6.07, 6.45) is 2.26. The third kappa shape index (κ3) is 4.56. The van der Waals surface area contributed by atoms with E-state index in [4.69, 9.17) is 21.1 Å². The molecule has 2 aliphatic heterocycles. The zero-order valence-electron chi connectivity index (χ0n) is 18.7. The average molecular weight is 471 g/mol. The van der Waals surface area contributed by atoms with E-state index < -0.39 is 17.7 Å². The molecule has 1 atom stereocenters. The highest BCUT2D eigenvalue weighted by Gasteiger charge is 2.47. The number of hydrogen-bond acceptors (Lipinski definition) is 6. The average Bonchev–Trinajstić information content (AvgIpc) is 3.44. The molecule has 1 unspecified atom stereocenters. The lowest BCUT2D eigenvalue weighted by atomic mass is 9.94. The first-order valence-electron chi connectivity index (χ1n) is 10.9. The minimum absolute atomic E-state index is 0.0234. The molecule has 0 spiro atoms. The van der Waals surface area contributed by atoms with Crippen LogP contribution in [0.1, 0.15) is 30.0 Å². The number of aliphatic hydroxyl groups excluding tert-OH is 1. The van der Waals surface area contributed by atoms with Crippen molar-refractivity contribution in [2.45, 2.75) is 18.9 Å². The van der Waals surface area contributed by atoms with Crippen LogP contribution in [0.25, 0.3) is 5.76 Å². The summed E-state index contributed by atoms with van der Waals surface area (Å²) in [5, 5.41) is 11.7. The molecular weight excluding hydrogens is 444 g/mol. The molecule has 174 valence electrons. The van der Waals surface area contributed by atoms with Crippen LogP contribution < -0.4 is 9.47 Å². The van der Waals surface area contributed by atoms with Crippen LogP contribution in [0, 0.1) is 0 Å². The molecule has 0 radical (unpaired) electrons. The van der Waals surface area contributed by atoms with E-state index in [1.165, 1.54) is 12.0 Å². The van der Waals surface area contributed by atoms with Crippen molar-refractivity contribution in [2.24, 2.45) is 0 Å². The highest BCUT2D eigenvalue weighted by molar-refractivity contribution is 6.46. The van der Waals surface area contributed by atoms with Gasteiger partial charge in [-0.15, -0.1) is 0 Å². The first-order chi connectivity index (χ1) is 15.9. The second-order valence-electron chi connectivity index (χ2n) is 8.16. The number of ether oxygens (including phenoxy) is 2. The molecule has 0 saturated carbocycles. The number of halogens is 1. The van der Waals surface area contributed by atoms with E-state index in [0.29, 0.717) is 40.7 Å². The van der Waals surface area contributed by atoms with Crippen molar-refractivity contribution in [1.82, 2.24) is 9.80 Å². The highest BCUT2D eigenvalue weighted by Crippen LogP contribution is 2.43. The summed E-state index contributed by atoms with van der Waals surface area (Å²) in [5.74, 6) is -0.555. The van der Waals surface area contributed by atoms with Crippen LogP contribution in [0.3, 0.4) is 0 Å². The Hall–Kier alpha value is -3.03. The third-order valence-corrected chi connectivity index (χ3v) is 6.50. The molecule has 1 N–H and O–H groups in total. The SMILES string of the molecule is COc1ccc(OC)c(C2/C(=C(\O)c3ccc(Cl)cc3)C(=O)C(=O)N2CCN2CCCC2)c1. The van der Waals surface area contributed by atoms with Crippen molar-refractivity contribution in [2.75, 3.05) is 40.4 Å². The summed E-state index contributed by atoms with van der Waals surface area (Å²) >= 11 is 5.99. The second kappa shape index (κ2) is 9.85. The van der Waals surface area contributed by atoms with Gasteiger partial charge in [0, 0.05) is 29.2 Å². The van der Waals surface area contributed by atoms with Crippen LogP contribution >= 0.6 is 11.6 Å². The predicted molar refractivity (Wildman–Crippen MR) is 126 cm³/mol. The Morgan fingerprint density at radius 3 is 2.36 bits per heavy atom. The molecule has 7 nitrogen and oxygen atoms in total. The fourth-order valence-electron chi connectivity index (χ4n) is 4.51. The van der Waals surface area contributed by atoms with Gasteiger partial charge in [-0.2, -0.15) is 0 Å². The first kappa shape index (κ1) is 23.1. The maximum absolute atomic E-state index is 13.2. The number of methoxy groups -OCH3 is 2. The Kier molecular flexibility index (Phi) is 6.91. The third-order valence-electron chi connectivity index (χ3n) is 6.24. The van der Waals surface area contributed by atoms with Crippen molar-refractivity contribution in [1.29, 1.82) is 0 Å². The Balaban J connectivity index is 1.83. The Morgan fingerprint density at radius 2 is 1.73 bits per heavy atom. The van der Waals surface area contributed by atoms with Gasteiger partial charge in [0.25, 0.3) is 11.7 Å². The Morgan fingerprint density at radius 1 is 1.03 bits per heavy atom. The van der Waals surface area contributed by atoms with Crippen LogP contribution in [0.15, 0.2) is 48.0 Å². The van der Waals surface area contributed by atoms with Crippen molar-refractivity contribution in [3.63, 3.8) is 0 Å². The molecule has 2 fully saturated rings. The van der Waals surface area contributed by atoms with Crippen LogP contribution in [0.5, 0.6) is 11.5 Å². The second-order valence-corrected chi connectivity index (χ2v) is 8.59. The number of benzene rings is 2. The number of carbonyl (C=O) groups is 2. The molecule has 4 rings (SSSR count). The van der Waals surface area contributed by atoms with Gasteiger partial charge in [0.05, 0.1) is 25.8 Å². The zero-order valence-corrected chi connectivity index (χ0v) is 19.5. The largest absolute Gasteiger partial charge is 0.507 e. The van der Waals surface area contributed by atoms with Gasteiger partial charge in [-0.25, -0.2) is 0 Å². The van der Waals surface area contributed by atoms with Gasteiger partial charge in [-0.1, -0.05) is 11.6 Å². The number of carbonyl (C=O) groups excluding carboxylic acids is 2. The number of nitrogens with zero attached hydrogens (tertiary/aromatic N) is 2. The fraction of sp³-hybridized carbons (Fsp3) is 0.360. The smallest absolute Gasteiger partial charge is 0.295 e. The van der Waals surface area contributed by atoms with Gasteiger partial charge in [0.1, 0.15) is 17.3 Å². The number of amides is 1. The van der Waals surface area contributed by atoms with E-state index >= 15 is 0 Å². The van der Waals surface area contributed by atoms with E-state index in [1.54, 1.807) is 49.6 Å². The van der Waals surface area contributed by atoms with Crippen molar-refractivity contribution >= 4 is 29.1 Å². The molecule has 0 aromatic heterocycles. The molecule has 2 aromatic rings. The molecule has 2 aliphatic rings. The lowest BCUT2D eigenvalue weighted by molar-refractivity contribution is -0.140. The van der Waals surface area contributed by atoms with Crippen LogP contribution in [0.4, 0.5) is 0 Å². The number of likely N-dealkylation sites (tertiary alicyclic amines) is 2. The lowest BCUT2D eigenvalue weighted by Crippen LogP contribution is -2.37. The molecule has 33 heavy (non-hydrogen) atoms. The van der Waals surface area contributed by atoms with Crippen LogP contribution in [-0.2, 0) is 9.59 Å². The molecule has 0 aliphatic carbocycles. The molecular formula is C25H27ClN2O5. The molecule has 1 amide bonds. The van der Waals surface area contributed by atoms with E-state index in [0.717, 1.165) is 25.9 Å². The Labute approximate surface area is 198 Å². The maximum atomic E-state index is 13.2. The summed E-state index contributed by atoms with van der Waals surface area (Å²) < 4.78 is 11.0. The minimum Gasteiger partial charge on any atom is -0.507 e. The van der Waals surface area contributed by atoms with Gasteiger partial charge in [-0.3, -0.25) is 9.59 Å². The zero-order chi connectivity index (χ0) is 23.5. The molecule has 2 heterocycles. The van der Waals surface area contributed by atoms with Gasteiger partial charge in [0.2, 0.25) is 0 Å². The van der Waals surface area contributed by atoms with Crippen molar-refractivity contribution < 1.29 is 24.2 Å². The summed E-state index contributed by atoms with van der Waals surface area (Å²) in [7, 11) is 3.07. The number of aliphatic hydroxyl groups is 1. The molecule has 0 bridgehead atoms. The van der Waals surface area contributed by atoms with Crippen LogP contribution in [-0.4, -0.2) is 67.0 Å². The summed E-state index contributed by atoms with van der Waals surface area (Å²) in [6, 6.07) is 10.9. The normalized spacial score (nSPS) is 20.5. The van der Waals surface area contributed by atoms with Gasteiger partial charge in [-0.05, 0) is 68.4 Å². The van der Waals surface area contributed by atoms with Crippen LogP contribution in [0.2, 0.25) is 5.02 Å². The number of rotatable bonds is 7. The maximum Gasteiger partial charge on any atom is 0.295 e. The quantitative estimate of drug-likeness (QED) is 0.376. The lowest BCUT2D eigenvalue weighted by Gasteiger charge is -2.28. The standard InChI is InChI=1S/C25H27ClN2O5/c1-32-18-9-10-20(33-2)19(15-18)22-21(23(29)16-5-7-17(26)8-6-16)24(30)25(31)28(22)14-13-27-11-3-4-12-27/h5-10,15,22,29H,3-4,11-14H2,1-2H3/b23-21+. The van der Waals surface area contributed by atoms with Gasteiger partial charge >= 0.3 is 0 Å². The first-order valence-corrected chi connectivity index (χ1v) is 11.3. The molecule has 8 heteroatoms. The topological polar surface area (TPSA) is 79.3 Å². The monoisotopic (exact) mass is 470 g/mol. The number of Topliss-reactive ketones (excluding diaryl/α,β-unsaturated/α-hetero) is 1. The van der Waals surface area contributed by atoms with E-state index in [2.05, 4.69) is 4.90 Å². The van der Waals surface area contributed by atoms with Crippen molar-refractivity contribution in [3.05, 3.63) is 64.2 Å². The number of ketones is 1. The van der Waals surface area contributed by atoms with E-state index in [1.807, 2.05) is 0 Å². The minimum atomic E-state index is -0.812. The summed E-state index contributed by atoms with van der Waals surface area (Å²) in [6.45, 7) is 2.95. The van der Waals surface area contributed by atoms with E-state index in [-0.39, 0.29) is 11.3 Å². The molecule has 2 saturated heterocycles. The van der Waals surface area contributed by atoms with Crippen molar-refractivity contribution in [3.8, 4) is 11.5 Å². The summed E-state index contributed by atoms with van der Waals surface area (Å²) in [5.41, 5.74) is 1.01. The van der Waals surface area contributed by atoms with E-state index in [9.17, 15) is 14.7 Å².